The van der Waals surface area contributed by atoms with Crippen LogP contribution in [0.2, 0.25) is 0 Å². The van der Waals surface area contributed by atoms with E-state index in [1.165, 1.54) is 13.2 Å². The van der Waals surface area contributed by atoms with Gasteiger partial charge in [-0.05, 0) is 25.0 Å². The minimum Gasteiger partial charge on any atom is -0.496 e. The van der Waals surface area contributed by atoms with Gasteiger partial charge < -0.3 is 14.7 Å². The first-order valence-corrected chi connectivity index (χ1v) is 6.50. The molecule has 0 bridgehead atoms. The molecule has 2 rings (SSSR count). The standard InChI is InChI=1S/C14H16F3NO3/c1-21-11-6-3-2-5-10(11)12(19)18-8-4-7-13(20,9-18)14(15,16)17/h2-3,5-6,20H,4,7-9H2,1H3/t13-/m1/s1. The Balaban J connectivity index is 2.24. The van der Waals surface area contributed by atoms with E-state index in [1.807, 2.05) is 0 Å². The molecule has 1 N–H and O–H groups in total. The third kappa shape index (κ3) is 2.97. The van der Waals surface area contributed by atoms with E-state index in [0.717, 1.165) is 4.90 Å². The van der Waals surface area contributed by atoms with Gasteiger partial charge >= 0.3 is 6.18 Å². The van der Waals surface area contributed by atoms with Crippen LogP contribution in [0.5, 0.6) is 5.75 Å². The van der Waals surface area contributed by atoms with Gasteiger partial charge in [0, 0.05) is 6.54 Å². The molecule has 7 heteroatoms. The Labute approximate surface area is 120 Å². The van der Waals surface area contributed by atoms with Crippen LogP contribution in [-0.4, -0.2) is 47.9 Å². The van der Waals surface area contributed by atoms with E-state index < -0.39 is 30.7 Å². The average molecular weight is 303 g/mol. The number of likely N-dealkylation sites (tertiary alicyclic amines) is 1. The molecule has 0 aliphatic carbocycles. The predicted octanol–water partition coefficient (Wildman–Crippen LogP) is 2.22. The van der Waals surface area contributed by atoms with Crippen molar-refractivity contribution >= 4 is 5.91 Å². The fraction of sp³-hybridized carbons (Fsp3) is 0.500. The number of rotatable bonds is 2. The van der Waals surface area contributed by atoms with E-state index in [2.05, 4.69) is 0 Å². The first kappa shape index (κ1) is 15.6. The Bertz CT molecular complexity index is 532. The summed E-state index contributed by atoms with van der Waals surface area (Å²) in [5.74, 6) is -0.279. The van der Waals surface area contributed by atoms with Gasteiger partial charge in [-0.25, -0.2) is 0 Å². The molecule has 0 aromatic heterocycles. The summed E-state index contributed by atoms with van der Waals surface area (Å²) in [5, 5.41) is 9.75. The summed E-state index contributed by atoms with van der Waals surface area (Å²) in [5.41, 5.74) is -2.66. The lowest BCUT2D eigenvalue weighted by Crippen LogP contribution is -2.58. The van der Waals surface area contributed by atoms with E-state index in [9.17, 15) is 23.1 Å². The third-order valence-electron chi connectivity index (χ3n) is 3.62. The number of para-hydroxylation sites is 1. The van der Waals surface area contributed by atoms with Gasteiger partial charge in [-0.1, -0.05) is 12.1 Å². The van der Waals surface area contributed by atoms with Crippen molar-refractivity contribution in [3.8, 4) is 5.75 Å². The molecule has 116 valence electrons. The van der Waals surface area contributed by atoms with E-state index in [-0.39, 0.29) is 18.5 Å². The van der Waals surface area contributed by atoms with E-state index in [0.29, 0.717) is 5.75 Å². The second-order valence-electron chi connectivity index (χ2n) is 5.06. The molecule has 1 aromatic carbocycles. The van der Waals surface area contributed by atoms with E-state index >= 15 is 0 Å². The maximum Gasteiger partial charge on any atom is 0.418 e. The number of piperidine rings is 1. The molecule has 0 radical (unpaired) electrons. The molecule has 4 nitrogen and oxygen atoms in total. The van der Waals surface area contributed by atoms with Crippen LogP contribution < -0.4 is 4.74 Å². The van der Waals surface area contributed by atoms with Crippen LogP contribution in [-0.2, 0) is 0 Å². The minimum atomic E-state index is -4.76. The molecule has 1 aromatic rings. The lowest BCUT2D eigenvalue weighted by Gasteiger charge is -2.40. The fourth-order valence-electron chi connectivity index (χ4n) is 2.43. The maximum atomic E-state index is 12.9. The van der Waals surface area contributed by atoms with Crippen LogP contribution >= 0.6 is 0 Å². The van der Waals surface area contributed by atoms with Crippen molar-refractivity contribution in [1.29, 1.82) is 0 Å². The van der Waals surface area contributed by atoms with Crippen LogP contribution in [0.3, 0.4) is 0 Å². The predicted molar refractivity (Wildman–Crippen MR) is 69.1 cm³/mol. The highest BCUT2D eigenvalue weighted by Crippen LogP contribution is 2.37. The summed E-state index contributed by atoms with van der Waals surface area (Å²) in [6.07, 6.45) is -5.06. The van der Waals surface area contributed by atoms with Crippen LogP contribution in [0.1, 0.15) is 23.2 Å². The number of hydrogen-bond acceptors (Lipinski definition) is 3. The SMILES string of the molecule is COc1ccccc1C(=O)N1CCC[C@](O)(C(F)(F)F)C1. The molecule has 1 heterocycles. The topological polar surface area (TPSA) is 49.8 Å². The van der Waals surface area contributed by atoms with Gasteiger partial charge in [0.1, 0.15) is 5.75 Å². The molecular weight excluding hydrogens is 287 g/mol. The van der Waals surface area contributed by atoms with Crippen LogP contribution in [0.25, 0.3) is 0 Å². The first-order valence-electron chi connectivity index (χ1n) is 6.50. The first-order chi connectivity index (χ1) is 9.78. The Kier molecular flexibility index (Phi) is 4.13. The van der Waals surface area contributed by atoms with Crippen molar-refractivity contribution in [3.63, 3.8) is 0 Å². The number of methoxy groups -OCH3 is 1. The molecule has 1 saturated heterocycles. The maximum absolute atomic E-state index is 12.9. The van der Waals surface area contributed by atoms with Gasteiger partial charge in [-0.15, -0.1) is 0 Å². The minimum absolute atomic E-state index is 0.0941. The Hall–Kier alpha value is -1.76. The van der Waals surface area contributed by atoms with Crippen molar-refractivity contribution < 1.29 is 27.8 Å². The summed E-state index contributed by atoms with van der Waals surface area (Å²) in [7, 11) is 1.38. The van der Waals surface area contributed by atoms with Crippen molar-refractivity contribution in [2.45, 2.75) is 24.6 Å². The van der Waals surface area contributed by atoms with Gasteiger partial charge in [0.25, 0.3) is 5.91 Å². The fourth-order valence-corrected chi connectivity index (χ4v) is 2.43. The molecule has 1 fully saturated rings. The average Bonchev–Trinajstić information content (AvgIpc) is 2.45. The smallest absolute Gasteiger partial charge is 0.418 e. The lowest BCUT2D eigenvalue weighted by atomic mass is 9.91. The zero-order valence-corrected chi connectivity index (χ0v) is 11.5. The van der Waals surface area contributed by atoms with Gasteiger partial charge in [-0.3, -0.25) is 4.79 Å². The zero-order valence-electron chi connectivity index (χ0n) is 11.5. The normalized spacial score (nSPS) is 23.0. The number of aliphatic hydroxyl groups is 1. The van der Waals surface area contributed by atoms with Gasteiger partial charge in [0.15, 0.2) is 5.60 Å². The number of hydrogen-bond donors (Lipinski definition) is 1. The van der Waals surface area contributed by atoms with Crippen LogP contribution in [0.4, 0.5) is 13.2 Å². The lowest BCUT2D eigenvalue weighted by molar-refractivity contribution is -0.271. The molecular formula is C14H16F3NO3. The summed E-state index contributed by atoms with van der Waals surface area (Å²) < 4.78 is 43.7. The summed E-state index contributed by atoms with van der Waals surface area (Å²) in [4.78, 5) is 13.4. The quantitative estimate of drug-likeness (QED) is 0.911. The molecule has 1 amide bonds. The number of ether oxygens (including phenoxy) is 1. The number of amides is 1. The number of carbonyl (C=O) groups excluding carboxylic acids is 1. The molecule has 0 saturated carbocycles. The Morgan fingerprint density at radius 2 is 2.05 bits per heavy atom. The van der Waals surface area contributed by atoms with Crippen molar-refractivity contribution in [3.05, 3.63) is 29.8 Å². The number of benzene rings is 1. The zero-order chi connectivity index (χ0) is 15.7. The number of β-amino-alcohol motifs (C(OH)–C–C–N with tert-alkyl or cyclic N) is 1. The Morgan fingerprint density at radius 3 is 2.67 bits per heavy atom. The summed E-state index contributed by atoms with van der Waals surface area (Å²) in [6.45, 7) is -0.581. The van der Waals surface area contributed by atoms with Gasteiger partial charge in [-0.2, -0.15) is 13.2 Å². The second kappa shape index (κ2) is 5.55. The number of halogens is 3. The van der Waals surface area contributed by atoms with Gasteiger partial charge in [0.2, 0.25) is 0 Å². The highest BCUT2D eigenvalue weighted by atomic mass is 19.4. The highest BCUT2D eigenvalue weighted by Gasteiger charge is 2.56. The summed E-state index contributed by atoms with van der Waals surface area (Å²) >= 11 is 0. The molecule has 0 spiro atoms. The number of nitrogens with zero attached hydrogens (tertiary/aromatic N) is 1. The molecule has 1 atom stereocenters. The van der Waals surface area contributed by atoms with Crippen molar-refractivity contribution in [2.75, 3.05) is 20.2 Å². The second-order valence-corrected chi connectivity index (χ2v) is 5.06. The van der Waals surface area contributed by atoms with Crippen molar-refractivity contribution in [2.24, 2.45) is 0 Å². The molecule has 0 unspecified atom stereocenters. The van der Waals surface area contributed by atoms with E-state index in [4.69, 9.17) is 4.74 Å². The monoisotopic (exact) mass is 303 g/mol. The van der Waals surface area contributed by atoms with E-state index in [1.54, 1.807) is 18.2 Å². The van der Waals surface area contributed by atoms with Crippen LogP contribution in [0, 0.1) is 0 Å². The molecule has 1 aliphatic heterocycles. The number of alkyl halides is 3. The number of carbonyl (C=O) groups is 1. The Morgan fingerprint density at radius 1 is 1.38 bits per heavy atom. The van der Waals surface area contributed by atoms with Crippen LogP contribution in [0.15, 0.2) is 24.3 Å². The molecule has 21 heavy (non-hydrogen) atoms. The largest absolute Gasteiger partial charge is 0.496 e. The third-order valence-corrected chi connectivity index (χ3v) is 3.62. The summed E-state index contributed by atoms with van der Waals surface area (Å²) in [6, 6.07) is 6.32. The highest BCUT2D eigenvalue weighted by molar-refractivity contribution is 5.97. The van der Waals surface area contributed by atoms with Crippen molar-refractivity contribution in [1.82, 2.24) is 4.90 Å². The van der Waals surface area contributed by atoms with Gasteiger partial charge in [0.05, 0.1) is 19.2 Å². The molecule has 1 aliphatic rings.